The van der Waals surface area contributed by atoms with E-state index in [4.69, 9.17) is 10.2 Å². The smallest absolute Gasteiger partial charge is 0.336 e. The first-order valence-corrected chi connectivity index (χ1v) is 3.72. The van der Waals surface area contributed by atoms with Crippen molar-refractivity contribution in [2.24, 2.45) is 0 Å². The molecule has 0 spiro atoms. The summed E-state index contributed by atoms with van der Waals surface area (Å²) in [7, 11) is 1.20. The van der Waals surface area contributed by atoms with Gasteiger partial charge < -0.3 is 10.2 Å². The standard InChI is InChI=1S/C7H12O6/c1-12-13-5(7(10)11)3-2-4-6(8)9/h5H,2-4H2,1H3,(H,8,9)(H,10,11). The van der Waals surface area contributed by atoms with Gasteiger partial charge in [-0.1, -0.05) is 0 Å². The van der Waals surface area contributed by atoms with Gasteiger partial charge in [-0.2, -0.15) is 0 Å². The number of hydrogen-bond donors (Lipinski definition) is 2. The summed E-state index contributed by atoms with van der Waals surface area (Å²) >= 11 is 0. The first-order valence-electron chi connectivity index (χ1n) is 3.72. The quantitative estimate of drug-likeness (QED) is 0.444. The maximum atomic E-state index is 10.4. The van der Waals surface area contributed by atoms with Crippen LogP contribution in [0.1, 0.15) is 19.3 Å². The molecule has 1 atom stereocenters. The van der Waals surface area contributed by atoms with Gasteiger partial charge in [0.2, 0.25) is 0 Å². The summed E-state index contributed by atoms with van der Waals surface area (Å²) in [6, 6.07) is 0. The Labute approximate surface area is 75.0 Å². The van der Waals surface area contributed by atoms with Crippen molar-refractivity contribution in [3.63, 3.8) is 0 Å². The Kier molecular flexibility index (Phi) is 5.82. The first kappa shape index (κ1) is 11.9. The molecule has 0 saturated heterocycles. The second kappa shape index (κ2) is 6.38. The van der Waals surface area contributed by atoms with Crippen LogP contribution in [-0.4, -0.2) is 35.4 Å². The van der Waals surface area contributed by atoms with E-state index < -0.39 is 18.0 Å². The molecule has 0 aliphatic carbocycles. The minimum atomic E-state index is -1.16. The third kappa shape index (κ3) is 6.06. The van der Waals surface area contributed by atoms with Crippen LogP contribution in [0.2, 0.25) is 0 Å². The lowest BCUT2D eigenvalue weighted by molar-refractivity contribution is -0.302. The van der Waals surface area contributed by atoms with Crippen LogP contribution in [-0.2, 0) is 19.4 Å². The highest BCUT2D eigenvalue weighted by molar-refractivity contribution is 5.72. The van der Waals surface area contributed by atoms with Gasteiger partial charge in [0, 0.05) is 6.42 Å². The van der Waals surface area contributed by atoms with Crippen LogP contribution in [0.5, 0.6) is 0 Å². The third-order valence-corrected chi connectivity index (χ3v) is 1.34. The molecule has 13 heavy (non-hydrogen) atoms. The van der Waals surface area contributed by atoms with E-state index in [1.807, 2.05) is 0 Å². The summed E-state index contributed by atoms with van der Waals surface area (Å²) in [6.07, 6.45) is -0.800. The van der Waals surface area contributed by atoms with Crippen LogP contribution in [0, 0.1) is 0 Å². The Balaban J connectivity index is 3.69. The lowest BCUT2D eigenvalue weighted by Crippen LogP contribution is -2.23. The van der Waals surface area contributed by atoms with Gasteiger partial charge in [0.25, 0.3) is 0 Å². The van der Waals surface area contributed by atoms with Crippen LogP contribution in [0.4, 0.5) is 0 Å². The molecule has 0 rings (SSSR count). The lowest BCUT2D eigenvalue weighted by atomic mass is 10.1. The van der Waals surface area contributed by atoms with Gasteiger partial charge in [0.05, 0.1) is 7.11 Å². The zero-order valence-electron chi connectivity index (χ0n) is 7.23. The topological polar surface area (TPSA) is 93.1 Å². The molecule has 76 valence electrons. The maximum absolute atomic E-state index is 10.4. The van der Waals surface area contributed by atoms with Crippen LogP contribution < -0.4 is 0 Å². The van der Waals surface area contributed by atoms with Gasteiger partial charge >= 0.3 is 11.9 Å². The number of carboxylic acid groups (broad SMARTS) is 2. The van der Waals surface area contributed by atoms with E-state index in [-0.39, 0.29) is 19.3 Å². The molecule has 0 radical (unpaired) electrons. The predicted octanol–water partition coefficient (Wildman–Crippen LogP) is 0.272. The lowest BCUT2D eigenvalue weighted by Gasteiger charge is -2.09. The summed E-state index contributed by atoms with van der Waals surface area (Å²) in [6.45, 7) is 0. The van der Waals surface area contributed by atoms with Gasteiger partial charge in [-0.05, 0) is 12.8 Å². The summed E-state index contributed by atoms with van der Waals surface area (Å²) in [4.78, 5) is 29.1. The van der Waals surface area contributed by atoms with Gasteiger partial charge in [-0.3, -0.25) is 4.79 Å². The van der Waals surface area contributed by atoms with E-state index in [2.05, 4.69) is 9.78 Å². The molecule has 0 heterocycles. The Bertz CT molecular complexity index is 178. The van der Waals surface area contributed by atoms with Crippen molar-refractivity contribution in [2.45, 2.75) is 25.4 Å². The highest BCUT2D eigenvalue weighted by atomic mass is 17.2. The van der Waals surface area contributed by atoms with Crippen LogP contribution in [0.25, 0.3) is 0 Å². The van der Waals surface area contributed by atoms with E-state index >= 15 is 0 Å². The van der Waals surface area contributed by atoms with Gasteiger partial charge in [0.15, 0.2) is 6.10 Å². The molecule has 0 aliphatic heterocycles. The van der Waals surface area contributed by atoms with Crippen molar-refractivity contribution in [3.05, 3.63) is 0 Å². The molecule has 0 aliphatic rings. The first-order chi connectivity index (χ1) is 6.07. The predicted molar refractivity (Wildman–Crippen MR) is 41.0 cm³/mol. The minimum absolute atomic E-state index is 0.0726. The van der Waals surface area contributed by atoms with Gasteiger partial charge in [-0.25, -0.2) is 14.6 Å². The Morgan fingerprint density at radius 2 is 2.00 bits per heavy atom. The SMILES string of the molecule is COOC(CCCC(=O)O)C(=O)O. The molecule has 0 fully saturated rings. The van der Waals surface area contributed by atoms with E-state index in [1.165, 1.54) is 7.11 Å². The maximum Gasteiger partial charge on any atom is 0.336 e. The zero-order valence-corrected chi connectivity index (χ0v) is 7.23. The summed E-state index contributed by atoms with van der Waals surface area (Å²) in [5, 5.41) is 16.8. The molecular formula is C7H12O6. The third-order valence-electron chi connectivity index (χ3n) is 1.34. The second-order valence-corrected chi connectivity index (χ2v) is 2.38. The highest BCUT2D eigenvalue weighted by Crippen LogP contribution is 2.05. The highest BCUT2D eigenvalue weighted by Gasteiger charge is 2.18. The average Bonchev–Trinajstić information content (AvgIpc) is 2.02. The molecule has 0 bridgehead atoms. The Morgan fingerprint density at radius 1 is 1.38 bits per heavy atom. The fraction of sp³-hybridized carbons (Fsp3) is 0.714. The van der Waals surface area contributed by atoms with E-state index in [0.717, 1.165) is 0 Å². The van der Waals surface area contributed by atoms with Crippen molar-refractivity contribution in [2.75, 3.05) is 7.11 Å². The van der Waals surface area contributed by atoms with Gasteiger partial charge in [0.1, 0.15) is 0 Å². The Morgan fingerprint density at radius 3 is 2.38 bits per heavy atom. The van der Waals surface area contributed by atoms with Crippen molar-refractivity contribution in [1.82, 2.24) is 0 Å². The Hall–Kier alpha value is -1.14. The van der Waals surface area contributed by atoms with E-state index in [9.17, 15) is 9.59 Å². The van der Waals surface area contributed by atoms with Crippen molar-refractivity contribution in [1.29, 1.82) is 0 Å². The fourth-order valence-corrected chi connectivity index (χ4v) is 0.768. The molecule has 0 saturated carbocycles. The molecule has 0 amide bonds. The number of carboxylic acids is 2. The summed E-state index contributed by atoms with van der Waals surface area (Å²) in [5.74, 6) is -2.12. The molecule has 1 unspecified atom stereocenters. The number of hydrogen-bond acceptors (Lipinski definition) is 4. The normalized spacial score (nSPS) is 12.4. The molecule has 0 aromatic heterocycles. The molecule has 0 aromatic rings. The average molecular weight is 192 g/mol. The second-order valence-electron chi connectivity index (χ2n) is 2.38. The van der Waals surface area contributed by atoms with Crippen LogP contribution in [0.3, 0.4) is 0 Å². The van der Waals surface area contributed by atoms with E-state index in [1.54, 1.807) is 0 Å². The zero-order chi connectivity index (χ0) is 10.3. The van der Waals surface area contributed by atoms with Crippen LogP contribution >= 0.6 is 0 Å². The fourth-order valence-electron chi connectivity index (χ4n) is 0.768. The summed E-state index contributed by atoms with van der Waals surface area (Å²) < 4.78 is 0. The molecule has 6 nitrogen and oxygen atoms in total. The number of aliphatic carboxylic acids is 2. The largest absolute Gasteiger partial charge is 0.481 e. The molecular weight excluding hydrogens is 180 g/mol. The van der Waals surface area contributed by atoms with Crippen LogP contribution in [0.15, 0.2) is 0 Å². The molecule has 6 heteroatoms. The number of carbonyl (C=O) groups is 2. The molecule has 2 N–H and O–H groups in total. The van der Waals surface area contributed by atoms with E-state index in [0.29, 0.717) is 0 Å². The van der Waals surface area contributed by atoms with Crippen molar-refractivity contribution < 1.29 is 29.6 Å². The number of rotatable bonds is 7. The van der Waals surface area contributed by atoms with Gasteiger partial charge in [-0.15, -0.1) is 0 Å². The molecule has 0 aromatic carbocycles. The van der Waals surface area contributed by atoms with Crippen molar-refractivity contribution >= 4 is 11.9 Å². The summed E-state index contributed by atoms with van der Waals surface area (Å²) in [5.41, 5.74) is 0. The minimum Gasteiger partial charge on any atom is -0.481 e. The monoisotopic (exact) mass is 192 g/mol. The van der Waals surface area contributed by atoms with Crippen molar-refractivity contribution in [3.8, 4) is 0 Å².